The average Bonchev–Trinajstić information content (AvgIpc) is 3.20. The molecule has 1 amide bonds. The van der Waals surface area contributed by atoms with Crippen LogP contribution in [0.2, 0.25) is 0 Å². The molecule has 11 nitrogen and oxygen atoms in total. The molecule has 3 aromatic rings. The minimum absolute atomic E-state index is 0.154. The molecule has 1 heterocycles. The number of hydrogen-bond acceptors (Lipinski definition) is 7. The molecule has 0 radical (unpaired) electrons. The Morgan fingerprint density at radius 2 is 1.77 bits per heavy atom. The summed E-state index contributed by atoms with van der Waals surface area (Å²) in [6.45, 7) is 3.64. The first-order chi connectivity index (χ1) is 14.8. The van der Waals surface area contributed by atoms with Gasteiger partial charge in [0.1, 0.15) is 29.9 Å². The highest BCUT2D eigenvalue weighted by atomic mass is 16.6. The predicted molar refractivity (Wildman–Crippen MR) is 111 cm³/mol. The zero-order valence-corrected chi connectivity index (χ0v) is 16.7. The number of aryl methyl sites for hydroxylation is 1. The van der Waals surface area contributed by atoms with Gasteiger partial charge in [-0.2, -0.15) is 5.10 Å². The van der Waals surface area contributed by atoms with E-state index in [0.29, 0.717) is 12.2 Å². The van der Waals surface area contributed by atoms with Crippen LogP contribution in [0.25, 0.3) is 0 Å². The number of carbonyl (C=O) groups excluding carboxylic acids is 1. The summed E-state index contributed by atoms with van der Waals surface area (Å²) < 4.78 is 6.89. The normalized spacial score (nSPS) is 11.5. The number of nitro groups is 2. The number of benzene rings is 2. The summed E-state index contributed by atoms with van der Waals surface area (Å²) in [5.74, 6) is 0.136. The second-order valence-corrected chi connectivity index (χ2v) is 6.74. The van der Waals surface area contributed by atoms with Crippen LogP contribution in [0.4, 0.5) is 17.1 Å². The summed E-state index contributed by atoms with van der Waals surface area (Å²) in [6.07, 6.45) is 2.51. The Morgan fingerprint density at radius 3 is 2.35 bits per heavy atom. The SMILES string of the molecule is CCC(C(=O)Nc1cc(Oc2ccc(C)cc2)cc([N+](=O)[O-])c1)n1cc([N+](=O)[O-])cn1. The molecule has 31 heavy (non-hydrogen) atoms. The second-order valence-electron chi connectivity index (χ2n) is 6.74. The zero-order chi connectivity index (χ0) is 22.5. The molecule has 1 unspecified atom stereocenters. The summed E-state index contributed by atoms with van der Waals surface area (Å²) >= 11 is 0. The molecule has 0 aliphatic heterocycles. The van der Waals surface area contributed by atoms with E-state index >= 15 is 0 Å². The van der Waals surface area contributed by atoms with Crippen molar-refractivity contribution in [1.82, 2.24) is 9.78 Å². The molecule has 11 heteroatoms. The van der Waals surface area contributed by atoms with Gasteiger partial charge in [-0.15, -0.1) is 0 Å². The van der Waals surface area contributed by atoms with Gasteiger partial charge in [0.15, 0.2) is 0 Å². The van der Waals surface area contributed by atoms with Crippen molar-refractivity contribution in [2.75, 3.05) is 5.32 Å². The van der Waals surface area contributed by atoms with Crippen molar-refractivity contribution in [3.63, 3.8) is 0 Å². The van der Waals surface area contributed by atoms with Crippen LogP contribution in [0.1, 0.15) is 24.9 Å². The Labute approximate surface area is 176 Å². The molecule has 0 aliphatic carbocycles. The summed E-state index contributed by atoms with van der Waals surface area (Å²) in [6, 6.07) is 10.2. The maximum Gasteiger partial charge on any atom is 0.307 e. The van der Waals surface area contributed by atoms with Crippen molar-refractivity contribution in [2.24, 2.45) is 0 Å². The molecule has 2 aromatic carbocycles. The van der Waals surface area contributed by atoms with E-state index in [4.69, 9.17) is 4.74 Å². The molecular formula is C20H19N5O6. The van der Waals surface area contributed by atoms with Gasteiger partial charge in [-0.25, -0.2) is 0 Å². The average molecular weight is 425 g/mol. The van der Waals surface area contributed by atoms with Crippen LogP contribution in [-0.2, 0) is 4.79 Å². The molecule has 3 rings (SSSR count). The first-order valence-corrected chi connectivity index (χ1v) is 9.30. The van der Waals surface area contributed by atoms with Gasteiger partial charge in [-0.1, -0.05) is 24.6 Å². The number of aromatic nitrogens is 2. The van der Waals surface area contributed by atoms with E-state index in [1.165, 1.54) is 22.9 Å². The lowest BCUT2D eigenvalue weighted by atomic mass is 10.2. The summed E-state index contributed by atoms with van der Waals surface area (Å²) in [5, 5.41) is 28.7. The predicted octanol–water partition coefficient (Wildman–Crippen LogP) is 4.39. The van der Waals surface area contributed by atoms with Gasteiger partial charge in [0.05, 0.1) is 21.6 Å². The number of carbonyl (C=O) groups is 1. The fraction of sp³-hybridized carbons (Fsp3) is 0.200. The van der Waals surface area contributed by atoms with Gasteiger partial charge in [-0.05, 0) is 25.5 Å². The van der Waals surface area contributed by atoms with Crippen molar-refractivity contribution in [2.45, 2.75) is 26.3 Å². The van der Waals surface area contributed by atoms with Gasteiger partial charge < -0.3 is 10.1 Å². The molecule has 0 saturated carbocycles. The minimum atomic E-state index is -0.838. The highest BCUT2D eigenvalue weighted by molar-refractivity contribution is 5.94. The van der Waals surface area contributed by atoms with E-state index in [0.717, 1.165) is 18.0 Å². The molecule has 0 saturated heterocycles. The Hall–Kier alpha value is -4.28. The number of anilines is 1. The van der Waals surface area contributed by atoms with Gasteiger partial charge in [-0.3, -0.25) is 29.7 Å². The van der Waals surface area contributed by atoms with E-state index in [1.807, 2.05) is 19.1 Å². The van der Waals surface area contributed by atoms with Gasteiger partial charge in [0.2, 0.25) is 5.91 Å². The maximum absolute atomic E-state index is 12.8. The van der Waals surface area contributed by atoms with Crippen LogP contribution in [-0.4, -0.2) is 25.5 Å². The van der Waals surface area contributed by atoms with Crippen LogP contribution in [0.5, 0.6) is 11.5 Å². The number of nitro benzene ring substituents is 1. The Kier molecular flexibility index (Phi) is 6.24. The van der Waals surface area contributed by atoms with E-state index in [2.05, 4.69) is 10.4 Å². The van der Waals surface area contributed by atoms with E-state index < -0.39 is 21.8 Å². The summed E-state index contributed by atoms with van der Waals surface area (Å²) in [4.78, 5) is 33.8. The Balaban J connectivity index is 1.85. The highest BCUT2D eigenvalue weighted by Gasteiger charge is 2.23. The quantitative estimate of drug-likeness (QED) is 0.416. The van der Waals surface area contributed by atoms with Crippen molar-refractivity contribution >= 4 is 23.0 Å². The molecule has 0 aliphatic rings. The zero-order valence-electron chi connectivity index (χ0n) is 16.7. The van der Waals surface area contributed by atoms with Crippen molar-refractivity contribution in [3.8, 4) is 11.5 Å². The highest BCUT2D eigenvalue weighted by Crippen LogP contribution is 2.30. The number of ether oxygens (including phenoxy) is 1. The van der Waals surface area contributed by atoms with Gasteiger partial charge in [0.25, 0.3) is 5.69 Å². The number of nitrogens with zero attached hydrogens (tertiary/aromatic N) is 4. The van der Waals surface area contributed by atoms with E-state index in [9.17, 15) is 25.0 Å². The first kappa shape index (κ1) is 21.4. The van der Waals surface area contributed by atoms with Crippen molar-refractivity contribution in [3.05, 3.63) is 80.7 Å². The van der Waals surface area contributed by atoms with Crippen molar-refractivity contribution in [1.29, 1.82) is 0 Å². The molecular weight excluding hydrogens is 406 g/mol. The Bertz CT molecular complexity index is 1130. The van der Waals surface area contributed by atoms with Crippen LogP contribution in [0.15, 0.2) is 54.9 Å². The molecule has 1 N–H and O–H groups in total. The monoisotopic (exact) mass is 425 g/mol. The van der Waals surface area contributed by atoms with Crippen molar-refractivity contribution < 1.29 is 19.4 Å². The smallest absolute Gasteiger partial charge is 0.307 e. The number of hydrogen-bond donors (Lipinski definition) is 1. The molecule has 1 aromatic heterocycles. The molecule has 160 valence electrons. The fourth-order valence-electron chi connectivity index (χ4n) is 2.87. The standard InChI is InChI=1S/C20H19N5O6/c1-3-19(23-12-16(11-21-23)25(29)30)20(26)22-14-8-15(24(27)28)10-18(9-14)31-17-6-4-13(2)5-7-17/h4-12,19H,3H2,1-2H3,(H,22,26). The fourth-order valence-corrected chi connectivity index (χ4v) is 2.87. The molecule has 0 spiro atoms. The van der Waals surface area contributed by atoms with Crippen LogP contribution < -0.4 is 10.1 Å². The lowest BCUT2D eigenvalue weighted by Gasteiger charge is -2.16. The van der Waals surface area contributed by atoms with Crippen LogP contribution >= 0.6 is 0 Å². The topological polar surface area (TPSA) is 142 Å². The van der Waals surface area contributed by atoms with Crippen LogP contribution in [0, 0.1) is 27.2 Å². The molecule has 0 bridgehead atoms. The molecule has 1 atom stereocenters. The number of non-ortho nitro benzene ring substituents is 1. The second kappa shape index (κ2) is 9.03. The van der Waals surface area contributed by atoms with Crippen LogP contribution in [0.3, 0.4) is 0 Å². The number of nitrogens with one attached hydrogen (secondary N) is 1. The third-order valence-electron chi connectivity index (χ3n) is 4.43. The summed E-state index contributed by atoms with van der Waals surface area (Å²) in [7, 11) is 0. The molecule has 0 fully saturated rings. The minimum Gasteiger partial charge on any atom is -0.457 e. The first-order valence-electron chi connectivity index (χ1n) is 9.30. The lowest BCUT2D eigenvalue weighted by Crippen LogP contribution is -2.26. The number of amides is 1. The van der Waals surface area contributed by atoms with E-state index in [1.54, 1.807) is 19.1 Å². The third kappa shape index (κ3) is 5.21. The number of rotatable bonds is 8. The largest absolute Gasteiger partial charge is 0.457 e. The van der Waals surface area contributed by atoms with E-state index in [-0.39, 0.29) is 22.8 Å². The summed E-state index contributed by atoms with van der Waals surface area (Å²) in [5.41, 5.74) is 0.684. The van der Waals surface area contributed by atoms with Gasteiger partial charge in [0, 0.05) is 12.1 Å². The third-order valence-corrected chi connectivity index (χ3v) is 4.43. The van der Waals surface area contributed by atoms with Gasteiger partial charge >= 0.3 is 5.69 Å². The lowest BCUT2D eigenvalue weighted by molar-refractivity contribution is -0.385. The Morgan fingerprint density at radius 1 is 1.10 bits per heavy atom. The maximum atomic E-state index is 12.8.